The molecule has 3 aromatic carbocycles. The molecule has 2 aliphatic rings. The monoisotopic (exact) mass is 453 g/mol. The van der Waals surface area contributed by atoms with Gasteiger partial charge < -0.3 is 9.38 Å². The summed E-state index contributed by atoms with van der Waals surface area (Å²) in [5.41, 5.74) is 8.90. The van der Waals surface area contributed by atoms with Crippen LogP contribution in [0.2, 0.25) is 0 Å². The minimum atomic E-state index is 0.231. The van der Waals surface area contributed by atoms with Crippen molar-refractivity contribution in [3.05, 3.63) is 94.5 Å². The lowest BCUT2D eigenvalue weighted by atomic mass is 9.94. The fourth-order valence-electron chi connectivity index (χ4n) is 5.62. The van der Waals surface area contributed by atoms with Crippen LogP contribution in [0.25, 0.3) is 11.1 Å². The van der Waals surface area contributed by atoms with E-state index < -0.39 is 0 Å². The standard InChI is InChI=1S/C31H37N2O/c1-24-6-12-27(13-7-24)29-15-14-28-16-17-32(22-30(28)21-29)31(34)20-25-8-10-26(11-9-25)23-33(2)18-4-3-5-19-33/h6-15,21H,3-5,16-20,22-23H2,1-2H3/q+1. The van der Waals surface area contributed by atoms with Gasteiger partial charge in [0.25, 0.3) is 0 Å². The third kappa shape index (κ3) is 5.26. The Morgan fingerprint density at radius 3 is 2.24 bits per heavy atom. The van der Waals surface area contributed by atoms with E-state index in [2.05, 4.69) is 80.7 Å². The smallest absolute Gasteiger partial charge is 0.227 e. The molecule has 1 amide bonds. The maximum Gasteiger partial charge on any atom is 0.227 e. The second-order valence-corrected chi connectivity index (χ2v) is 10.7. The number of benzene rings is 3. The first-order valence-electron chi connectivity index (χ1n) is 12.9. The summed E-state index contributed by atoms with van der Waals surface area (Å²) < 4.78 is 1.15. The number of aryl methyl sites for hydroxylation is 1. The van der Waals surface area contributed by atoms with Gasteiger partial charge in [0.1, 0.15) is 6.54 Å². The molecule has 0 N–H and O–H groups in total. The molecule has 3 aromatic rings. The van der Waals surface area contributed by atoms with Crippen molar-refractivity contribution in [2.24, 2.45) is 0 Å². The number of nitrogens with zero attached hydrogens (tertiary/aromatic N) is 2. The van der Waals surface area contributed by atoms with E-state index in [0.29, 0.717) is 13.0 Å². The van der Waals surface area contributed by atoms with Crippen LogP contribution in [0.5, 0.6) is 0 Å². The van der Waals surface area contributed by atoms with Gasteiger partial charge in [0.05, 0.1) is 26.6 Å². The quantitative estimate of drug-likeness (QED) is 0.439. The van der Waals surface area contributed by atoms with E-state index in [4.69, 9.17) is 0 Å². The summed E-state index contributed by atoms with van der Waals surface area (Å²) in [7, 11) is 2.38. The molecule has 1 saturated heterocycles. The molecule has 0 aromatic heterocycles. The number of amides is 1. The Labute approximate surface area is 204 Å². The molecule has 34 heavy (non-hydrogen) atoms. The maximum atomic E-state index is 13.1. The topological polar surface area (TPSA) is 20.3 Å². The highest BCUT2D eigenvalue weighted by atomic mass is 16.2. The third-order valence-electron chi connectivity index (χ3n) is 7.79. The highest BCUT2D eigenvalue weighted by molar-refractivity contribution is 5.79. The zero-order valence-electron chi connectivity index (χ0n) is 20.7. The van der Waals surface area contributed by atoms with Gasteiger partial charge in [-0.05, 0) is 66.5 Å². The van der Waals surface area contributed by atoms with Crippen LogP contribution in [0.3, 0.4) is 0 Å². The van der Waals surface area contributed by atoms with Crippen molar-refractivity contribution in [1.82, 2.24) is 4.90 Å². The van der Waals surface area contributed by atoms with Gasteiger partial charge in [-0.3, -0.25) is 4.79 Å². The number of carbonyl (C=O) groups excluding carboxylic acids is 1. The minimum Gasteiger partial charge on any atom is -0.338 e. The molecule has 3 heteroatoms. The van der Waals surface area contributed by atoms with Gasteiger partial charge in [0.2, 0.25) is 5.91 Å². The Hall–Kier alpha value is -2.91. The van der Waals surface area contributed by atoms with Gasteiger partial charge >= 0.3 is 0 Å². The van der Waals surface area contributed by atoms with E-state index in [9.17, 15) is 4.79 Å². The summed E-state index contributed by atoms with van der Waals surface area (Å²) in [6, 6.07) is 24.2. The first-order valence-corrected chi connectivity index (χ1v) is 12.9. The van der Waals surface area contributed by atoms with Crippen LogP contribution >= 0.6 is 0 Å². The Kier molecular flexibility index (Phi) is 6.56. The van der Waals surface area contributed by atoms with E-state index in [1.54, 1.807) is 0 Å². The second-order valence-electron chi connectivity index (χ2n) is 10.7. The number of carbonyl (C=O) groups is 1. The lowest BCUT2D eigenvalue weighted by Crippen LogP contribution is -2.46. The molecular weight excluding hydrogens is 416 g/mol. The van der Waals surface area contributed by atoms with Crippen LogP contribution in [-0.4, -0.2) is 42.0 Å². The largest absolute Gasteiger partial charge is 0.338 e. The average Bonchev–Trinajstić information content (AvgIpc) is 2.85. The van der Waals surface area contributed by atoms with Crippen LogP contribution in [0, 0.1) is 6.92 Å². The first kappa shape index (κ1) is 22.9. The first-order chi connectivity index (χ1) is 16.5. The minimum absolute atomic E-state index is 0.231. The van der Waals surface area contributed by atoms with E-state index in [-0.39, 0.29) is 5.91 Å². The molecule has 0 saturated carbocycles. The number of hydrogen-bond donors (Lipinski definition) is 0. The van der Waals surface area contributed by atoms with Crippen LogP contribution in [0.4, 0.5) is 0 Å². The predicted molar refractivity (Wildman–Crippen MR) is 139 cm³/mol. The van der Waals surface area contributed by atoms with Crippen LogP contribution < -0.4 is 0 Å². The number of likely N-dealkylation sites (tertiary alicyclic amines) is 1. The van der Waals surface area contributed by atoms with Crippen molar-refractivity contribution < 1.29 is 9.28 Å². The molecule has 0 radical (unpaired) electrons. The van der Waals surface area contributed by atoms with Crippen LogP contribution in [-0.2, 0) is 30.7 Å². The van der Waals surface area contributed by atoms with E-state index >= 15 is 0 Å². The highest BCUT2D eigenvalue weighted by Crippen LogP contribution is 2.27. The summed E-state index contributed by atoms with van der Waals surface area (Å²) in [6.45, 7) is 7.29. The summed E-state index contributed by atoms with van der Waals surface area (Å²) >= 11 is 0. The molecule has 5 rings (SSSR count). The fraction of sp³-hybridized carbons (Fsp3) is 0.387. The molecule has 0 aliphatic carbocycles. The molecule has 0 unspecified atom stereocenters. The van der Waals surface area contributed by atoms with Gasteiger partial charge in [-0.1, -0.05) is 66.2 Å². The average molecular weight is 454 g/mol. The number of quaternary nitrogens is 1. The maximum absolute atomic E-state index is 13.1. The zero-order valence-corrected chi connectivity index (χ0v) is 20.7. The van der Waals surface area contributed by atoms with Gasteiger partial charge in [-0.15, -0.1) is 0 Å². The third-order valence-corrected chi connectivity index (χ3v) is 7.79. The molecule has 1 fully saturated rings. The Morgan fingerprint density at radius 1 is 0.824 bits per heavy atom. The molecule has 176 valence electrons. The summed E-state index contributed by atoms with van der Waals surface area (Å²) in [4.78, 5) is 15.2. The Morgan fingerprint density at radius 2 is 1.50 bits per heavy atom. The van der Waals surface area contributed by atoms with Crippen molar-refractivity contribution in [2.75, 3.05) is 26.7 Å². The number of piperidine rings is 1. The Balaban J connectivity index is 1.22. The summed E-state index contributed by atoms with van der Waals surface area (Å²) in [5.74, 6) is 0.231. The van der Waals surface area contributed by atoms with Crippen molar-refractivity contribution in [1.29, 1.82) is 0 Å². The number of rotatable bonds is 5. The van der Waals surface area contributed by atoms with Crippen molar-refractivity contribution >= 4 is 5.91 Å². The second kappa shape index (κ2) is 9.76. The van der Waals surface area contributed by atoms with Gasteiger partial charge in [0.15, 0.2) is 0 Å². The van der Waals surface area contributed by atoms with E-state index in [1.165, 1.54) is 65.7 Å². The lowest BCUT2D eigenvalue weighted by Gasteiger charge is -2.37. The van der Waals surface area contributed by atoms with E-state index in [0.717, 1.165) is 29.6 Å². The normalized spacial score (nSPS) is 17.3. The number of fused-ring (bicyclic) bond motifs is 1. The van der Waals surface area contributed by atoms with Crippen molar-refractivity contribution in [3.8, 4) is 11.1 Å². The fourth-order valence-corrected chi connectivity index (χ4v) is 5.62. The zero-order chi connectivity index (χ0) is 23.5. The predicted octanol–water partition coefficient (Wildman–Crippen LogP) is 5.92. The summed E-state index contributed by atoms with van der Waals surface area (Å²) in [5, 5.41) is 0. The lowest BCUT2D eigenvalue weighted by molar-refractivity contribution is -0.926. The SMILES string of the molecule is Cc1ccc(-c2ccc3c(c2)CN(C(=O)Cc2ccc(C[N+]4(C)CCCCC4)cc2)CC3)cc1. The van der Waals surface area contributed by atoms with Crippen LogP contribution in [0.1, 0.15) is 47.1 Å². The molecular formula is C31H37N2O+. The van der Waals surface area contributed by atoms with Gasteiger partial charge in [-0.2, -0.15) is 0 Å². The summed E-state index contributed by atoms with van der Waals surface area (Å²) in [6.07, 6.45) is 5.48. The Bertz CT molecular complexity index is 1140. The molecule has 0 bridgehead atoms. The van der Waals surface area contributed by atoms with Gasteiger partial charge in [-0.25, -0.2) is 0 Å². The molecule has 3 nitrogen and oxygen atoms in total. The highest BCUT2D eigenvalue weighted by Gasteiger charge is 2.25. The molecule has 2 aliphatic heterocycles. The number of hydrogen-bond acceptors (Lipinski definition) is 1. The van der Waals surface area contributed by atoms with E-state index in [1.807, 2.05) is 4.90 Å². The van der Waals surface area contributed by atoms with Crippen molar-refractivity contribution in [3.63, 3.8) is 0 Å². The molecule has 2 heterocycles. The van der Waals surface area contributed by atoms with Crippen molar-refractivity contribution in [2.45, 2.75) is 52.1 Å². The molecule has 0 atom stereocenters. The van der Waals surface area contributed by atoms with Gasteiger partial charge in [0, 0.05) is 18.7 Å². The van der Waals surface area contributed by atoms with Crippen LogP contribution in [0.15, 0.2) is 66.7 Å². The molecule has 0 spiro atoms.